The lowest BCUT2D eigenvalue weighted by Crippen LogP contribution is -2.25. The van der Waals surface area contributed by atoms with E-state index in [2.05, 4.69) is 15.1 Å². The minimum atomic E-state index is -5.01. The summed E-state index contributed by atoms with van der Waals surface area (Å²) < 4.78 is 84.1. The van der Waals surface area contributed by atoms with Crippen LogP contribution in [0.15, 0.2) is 49.1 Å². The molecule has 0 aliphatic rings. The van der Waals surface area contributed by atoms with Crippen molar-refractivity contribution < 1.29 is 35.9 Å². The highest BCUT2D eigenvalue weighted by Gasteiger charge is 2.37. The van der Waals surface area contributed by atoms with Crippen molar-refractivity contribution in [3.05, 3.63) is 60.2 Å². The Balaban J connectivity index is 1.80. The fourth-order valence-electron chi connectivity index (χ4n) is 2.51. The summed E-state index contributed by atoms with van der Waals surface area (Å²) in [6, 6.07) is 2.45. The van der Waals surface area contributed by atoms with Crippen molar-refractivity contribution in [2.75, 3.05) is 12.1 Å². The standard InChI is InChI=1S/C19H14F6N6O2/c1-30(26)14-7-15(9-27-8-14)33-16(32)2-3-31-10-28-17(29-31)11-4-12(18(20,21)22)6-13(5-11)19(23,24)25/h2-10H,26H2,1H3/b3-2-. The molecule has 0 unspecified atom stereocenters. The van der Waals surface area contributed by atoms with E-state index in [1.807, 2.05) is 0 Å². The number of aromatic nitrogens is 4. The average Bonchev–Trinajstić information content (AvgIpc) is 3.20. The first kappa shape index (κ1) is 23.7. The SMILES string of the molecule is CN(N)c1cncc(OC(=O)/C=C\n2cnc(-c3cc(C(F)(F)F)cc(C(F)(F)F)c3)n2)c1. The molecule has 2 aromatic heterocycles. The maximum absolute atomic E-state index is 13.0. The second-order valence-electron chi connectivity index (χ2n) is 6.57. The quantitative estimate of drug-likeness (QED) is 0.199. The number of hydrogen-bond acceptors (Lipinski definition) is 7. The topological polar surface area (TPSA) is 99.2 Å². The highest BCUT2D eigenvalue weighted by molar-refractivity contribution is 5.86. The second kappa shape index (κ2) is 8.90. The van der Waals surface area contributed by atoms with Gasteiger partial charge in [-0.15, -0.1) is 5.10 Å². The summed E-state index contributed by atoms with van der Waals surface area (Å²) in [5, 5.41) is 5.03. The number of pyridine rings is 1. The molecule has 0 fully saturated rings. The predicted molar refractivity (Wildman–Crippen MR) is 103 cm³/mol. The van der Waals surface area contributed by atoms with Gasteiger partial charge in [0.25, 0.3) is 0 Å². The van der Waals surface area contributed by atoms with Gasteiger partial charge in [-0.1, -0.05) is 0 Å². The maximum atomic E-state index is 13.0. The van der Waals surface area contributed by atoms with E-state index in [4.69, 9.17) is 10.6 Å². The molecule has 3 aromatic rings. The van der Waals surface area contributed by atoms with Crippen LogP contribution in [0.5, 0.6) is 5.75 Å². The molecule has 0 atom stereocenters. The van der Waals surface area contributed by atoms with Crippen molar-refractivity contribution in [2.24, 2.45) is 5.84 Å². The largest absolute Gasteiger partial charge is 0.422 e. The lowest BCUT2D eigenvalue weighted by Gasteiger charge is -2.13. The van der Waals surface area contributed by atoms with Crippen molar-refractivity contribution >= 4 is 17.9 Å². The molecular formula is C19H14F6N6O2. The van der Waals surface area contributed by atoms with Crippen molar-refractivity contribution in [3.8, 4) is 17.1 Å². The van der Waals surface area contributed by atoms with Gasteiger partial charge in [0, 0.05) is 31.0 Å². The number of esters is 1. The van der Waals surface area contributed by atoms with E-state index in [0.717, 1.165) is 23.3 Å². The van der Waals surface area contributed by atoms with E-state index in [1.165, 1.54) is 23.5 Å². The van der Waals surface area contributed by atoms with Gasteiger partial charge < -0.3 is 9.75 Å². The molecule has 8 nitrogen and oxygen atoms in total. The van der Waals surface area contributed by atoms with Gasteiger partial charge >= 0.3 is 18.3 Å². The van der Waals surface area contributed by atoms with Crippen LogP contribution in [0.25, 0.3) is 17.6 Å². The Morgan fingerprint density at radius 3 is 2.27 bits per heavy atom. The summed E-state index contributed by atoms with van der Waals surface area (Å²) in [5.41, 5.74) is -3.03. The van der Waals surface area contributed by atoms with Crippen molar-refractivity contribution in [3.63, 3.8) is 0 Å². The lowest BCUT2D eigenvalue weighted by molar-refractivity contribution is -0.143. The van der Waals surface area contributed by atoms with Crippen LogP contribution < -0.4 is 15.6 Å². The predicted octanol–water partition coefficient (Wildman–Crippen LogP) is 3.76. The van der Waals surface area contributed by atoms with Crippen LogP contribution in [0.1, 0.15) is 11.1 Å². The molecule has 0 saturated carbocycles. The van der Waals surface area contributed by atoms with Gasteiger partial charge in [0.15, 0.2) is 11.6 Å². The van der Waals surface area contributed by atoms with E-state index < -0.39 is 40.8 Å². The number of hydrazine groups is 1. The molecule has 0 radical (unpaired) electrons. The third kappa shape index (κ3) is 6.06. The Morgan fingerprint density at radius 2 is 1.70 bits per heavy atom. The molecule has 0 spiro atoms. The fourth-order valence-corrected chi connectivity index (χ4v) is 2.51. The zero-order chi connectivity index (χ0) is 24.4. The monoisotopic (exact) mass is 472 g/mol. The number of rotatable bonds is 5. The Kier molecular flexibility index (Phi) is 6.39. The van der Waals surface area contributed by atoms with Crippen LogP contribution in [0.3, 0.4) is 0 Å². The Morgan fingerprint density at radius 1 is 1.06 bits per heavy atom. The number of nitrogens with zero attached hydrogens (tertiary/aromatic N) is 5. The molecule has 33 heavy (non-hydrogen) atoms. The Hall–Kier alpha value is -3.94. The van der Waals surface area contributed by atoms with Gasteiger partial charge in [0.1, 0.15) is 6.33 Å². The second-order valence-corrected chi connectivity index (χ2v) is 6.57. The van der Waals surface area contributed by atoms with E-state index in [1.54, 1.807) is 7.05 Å². The van der Waals surface area contributed by atoms with Gasteiger partial charge in [-0.3, -0.25) is 4.98 Å². The first-order chi connectivity index (χ1) is 15.3. The molecule has 2 heterocycles. The summed E-state index contributed by atoms with van der Waals surface area (Å²) in [4.78, 5) is 19.5. The summed E-state index contributed by atoms with van der Waals surface area (Å²) in [7, 11) is 1.55. The zero-order valence-corrected chi connectivity index (χ0v) is 16.6. The maximum Gasteiger partial charge on any atom is 0.416 e. The van der Waals surface area contributed by atoms with Crippen LogP contribution in [0, 0.1) is 0 Å². The van der Waals surface area contributed by atoms with E-state index in [-0.39, 0.29) is 11.8 Å². The van der Waals surface area contributed by atoms with Crippen LogP contribution in [0.4, 0.5) is 32.0 Å². The summed E-state index contributed by atoms with van der Waals surface area (Å²) in [6.45, 7) is 0. The molecule has 0 aliphatic carbocycles. The van der Waals surface area contributed by atoms with Crippen molar-refractivity contribution in [2.45, 2.75) is 12.4 Å². The molecule has 14 heteroatoms. The number of carbonyl (C=O) groups excluding carboxylic acids is 1. The van der Waals surface area contributed by atoms with Gasteiger partial charge in [-0.2, -0.15) is 26.3 Å². The molecule has 0 aliphatic heterocycles. The Bertz CT molecular complexity index is 1150. The van der Waals surface area contributed by atoms with Gasteiger partial charge in [0.2, 0.25) is 0 Å². The number of benzene rings is 1. The minimum Gasteiger partial charge on any atom is -0.422 e. The van der Waals surface area contributed by atoms with Crippen molar-refractivity contribution in [1.82, 2.24) is 19.7 Å². The summed E-state index contributed by atoms with van der Waals surface area (Å²) in [6.07, 6.45) is -4.34. The van der Waals surface area contributed by atoms with E-state index in [9.17, 15) is 31.1 Å². The van der Waals surface area contributed by atoms with Crippen LogP contribution in [-0.2, 0) is 17.1 Å². The Labute approximate surface area is 181 Å². The summed E-state index contributed by atoms with van der Waals surface area (Å²) in [5.74, 6) is 4.38. The van der Waals surface area contributed by atoms with E-state index in [0.29, 0.717) is 17.8 Å². The summed E-state index contributed by atoms with van der Waals surface area (Å²) >= 11 is 0. The third-order valence-electron chi connectivity index (χ3n) is 4.04. The van der Waals surface area contributed by atoms with Gasteiger partial charge in [-0.05, 0) is 18.2 Å². The highest BCUT2D eigenvalue weighted by Crippen LogP contribution is 2.38. The lowest BCUT2D eigenvalue weighted by atomic mass is 10.0. The molecular weight excluding hydrogens is 458 g/mol. The number of halogens is 6. The average molecular weight is 472 g/mol. The van der Waals surface area contributed by atoms with Gasteiger partial charge in [0.05, 0.1) is 29.2 Å². The van der Waals surface area contributed by atoms with Crippen LogP contribution in [-0.4, -0.2) is 32.8 Å². The molecule has 0 amide bonds. The zero-order valence-electron chi connectivity index (χ0n) is 16.6. The number of nitrogens with two attached hydrogens (primary N) is 1. The number of carbonyl (C=O) groups is 1. The number of hydrogen-bond donors (Lipinski definition) is 1. The smallest absolute Gasteiger partial charge is 0.416 e. The molecule has 2 N–H and O–H groups in total. The highest BCUT2D eigenvalue weighted by atomic mass is 19.4. The first-order valence-corrected chi connectivity index (χ1v) is 8.87. The van der Waals surface area contributed by atoms with E-state index >= 15 is 0 Å². The number of anilines is 1. The molecule has 0 bridgehead atoms. The van der Waals surface area contributed by atoms with Crippen LogP contribution in [0.2, 0.25) is 0 Å². The van der Waals surface area contributed by atoms with Gasteiger partial charge in [-0.25, -0.2) is 20.3 Å². The normalized spacial score (nSPS) is 12.2. The molecule has 3 rings (SSSR count). The molecule has 174 valence electrons. The minimum absolute atomic E-state index is 0.00266. The third-order valence-corrected chi connectivity index (χ3v) is 4.04. The fraction of sp³-hybridized carbons (Fsp3) is 0.158. The molecule has 1 aromatic carbocycles. The first-order valence-electron chi connectivity index (χ1n) is 8.87. The number of ether oxygens (including phenoxy) is 1. The van der Waals surface area contributed by atoms with Crippen LogP contribution >= 0.6 is 0 Å². The van der Waals surface area contributed by atoms with Crippen molar-refractivity contribution in [1.29, 1.82) is 0 Å². The number of alkyl halides is 6. The molecule has 0 saturated heterocycles.